The van der Waals surface area contributed by atoms with Crippen molar-refractivity contribution >= 4 is 32.9 Å². The third kappa shape index (κ3) is 1.21. The maximum absolute atomic E-state index is 10.8. The van der Waals surface area contributed by atoms with Crippen LogP contribution in [-0.4, -0.2) is 21.0 Å². The molecule has 0 aliphatic carbocycles. The van der Waals surface area contributed by atoms with Crippen molar-refractivity contribution in [3.8, 4) is 0 Å². The fraction of sp³-hybridized carbons (Fsp3) is 0. The van der Waals surface area contributed by atoms with E-state index in [9.17, 15) is 4.79 Å². The van der Waals surface area contributed by atoms with E-state index < -0.39 is 5.97 Å². The Morgan fingerprint density at radius 2 is 2.38 bits per heavy atom. The molecule has 2 heterocycles. The van der Waals surface area contributed by atoms with Crippen molar-refractivity contribution in [1.82, 2.24) is 9.97 Å². The predicted molar refractivity (Wildman–Crippen MR) is 50.8 cm³/mol. The number of pyridine rings is 1. The highest BCUT2D eigenvalue weighted by atomic mass is 79.9. The Hall–Kier alpha value is -1.36. The van der Waals surface area contributed by atoms with Crippen LogP contribution in [0, 0.1) is 0 Å². The molecule has 0 fully saturated rings. The Kier molecular flexibility index (Phi) is 1.81. The Morgan fingerprint density at radius 3 is 3.08 bits per heavy atom. The second kappa shape index (κ2) is 2.85. The van der Waals surface area contributed by atoms with E-state index in [0.717, 1.165) is 4.47 Å². The van der Waals surface area contributed by atoms with Crippen LogP contribution in [-0.2, 0) is 0 Å². The smallest absolute Gasteiger partial charge is 0.337 e. The average molecular weight is 241 g/mol. The van der Waals surface area contributed by atoms with Gasteiger partial charge in [0.1, 0.15) is 5.52 Å². The summed E-state index contributed by atoms with van der Waals surface area (Å²) in [6, 6.07) is 1.47. The van der Waals surface area contributed by atoms with Gasteiger partial charge in [0.05, 0.1) is 15.6 Å². The van der Waals surface area contributed by atoms with Gasteiger partial charge in [-0.25, -0.2) is 4.79 Å². The molecule has 0 aromatic carbocycles. The lowest BCUT2D eigenvalue weighted by atomic mass is 10.2. The first kappa shape index (κ1) is 8.25. The lowest BCUT2D eigenvalue weighted by Crippen LogP contribution is -1.97. The molecule has 0 aliphatic rings. The number of carboxylic acids is 1. The zero-order chi connectivity index (χ0) is 9.42. The van der Waals surface area contributed by atoms with Crippen LogP contribution in [0.3, 0.4) is 0 Å². The zero-order valence-corrected chi connectivity index (χ0v) is 8.00. The highest BCUT2D eigenvalue weighted by molar-refractivity contribution is 9.10. The maximum atomic E-state index is 10.8. The van der Waals surface area contributed by atoms with Crippen LogP contribution in [0.1, 0.15) is 10.4 Å². The molecule has 0 amide bonds. The Morgan fingerprint density at radius 1 is 1.62 bits per heavy atom. The first-order valence-corrected chi connectivity index (χ1v) is 4.34. The van der Waals surface area contributed by atoms with Gasteiger partial charge in [0, 0.05) is 12.4 Å². The van der Waals surface area contributed by atoms with Gasteiger partial charge >= 0.3 is 5.97 Å². The standard InChI is InChI=1S/C8H5BrN2O2/c9-5-3-11-6-4(8(12)13)1-2-10-7(5)6/h1-3,11H,(H,12,13). The number of nitrogens with zero attached hydrogens (tertiary/aromatic N) is 1. The number of carbonyl (C=O) groups is 1. The summed E-state index contributed by atoms with van der Waals surface area (Å²) in [5, 5.41) is 8.83. The van der Waals surface area contributed by atoms with Crippen molar-refractivity contribution in [3.63, 3.8) is 0 Å². The monoisotopic (exact) mass is 240 g/mol. The van der Waals surface area contributed by atoms with Crippen molar-refractivity contribution in [2.24, 2.45) is 0 Å². The van der Waals surface area contributed by atoms with Gasteiger partial charge in [-0.1, -0.05) is 0 Å². The average Bonchev–Trinajstić information content (AvgIpc) is 2.48. The fourth-order valence-electron chi connectivity index (χ4n) is 1.17. The van der Waals surface area contributed by atoms with Crippen molar-refractivity contribution < 1.29 is 9.90 Å². The number of nitrogens with one attached hydrogen (secondary N) is 1. The van der Waals surface area contributed by atoms with Crippen LogP contribution in [0.2, 0.25) is 0 Å². The lowest BCUT2D eigenvalue weighted by Gasteiger charge is -1.95. The molecule has 66 valence electrons. The second-order valence-corrected chi connectivity index (χ2v) is 3.38. The molecule has 0 spiro atoms. The second-order valence-electron chi connectivity index (χ2n) is 2.52. The van der Waals surface area contributed by atoms with Gasteiger partial charge in [-0.3, -0.25) is 4.98 Å². The Labute approximate surface area is 81.7 Å². The summed E-state index contributed by atoms with van der Waals surface area (Å²) in [5.74, 6) is -0.957. The summed E-state index contributed by atoms with van der Waals surface area (Å²) in [5.41, 5.74) is 1.41. The molecular formula is C8H5BrN2O2. The minimum atomic E-state index is -0.957. The summed E-state index contributed by atoms with van der Waals surface area (Å²) in [6.45, 7) is 0. The summed E-state index contributed by atoms with van der Waals surface area (Å²) in [7, 11) is 0. The molecule has 0 aliphatic heterocycles. The molecule has 13 heavy (non-hydrogen) atoms. The summed E-state index contributed by atoms with van der Waals surface area (Å²) in [4.78, 5) is 17.7. The molecule has 4 nitrogen and oxygen atoms in total. The van der Waals surface area contributed by atoms with E-state index in [1.807, 2.05) is 0 Å². The number of aromatic carboxylic acids is 1. The third-order valence-electron chi connectivity index (χ3n) is 1.75. The zero-order valence-electron chi connectivity index (χ0n) is 6.41. The Balaban J connectivity index is 2.84. The lowest BCUT2D eigenvalue weighted by molar-refractivity contribution is 0.0699. The number of hydrogen-bond acceptors (Lipinski definition) is 2. The molecule has 5 heteroatoms. The minimum absolute atomic E-state index is 0.232. The SMILES string of the molecule is O=C(O)c1ccnc2c(Br)c[nH]c12. The number of aromatic nitrogens is 2. The van der Waals surface area contributed by atoms with Crippen LogP contribution in [0.15, 0.2) is 22.9 Å². The van der Waals surface area contributed by atoms with Crippen molar-refractivity contribution in [2.75, 3.05) is 0 Å². The third-order valence-corrected chi connectivity index (χ3v) is 2.36. The normalized spacial score (nSPS) is 10.5. The number of rotatable bonds is 1. The molecule has 0 unspecified atom stereocenters. The highest BCUT2D eigenvalue weighted by Crippen LogP contribution is 2.23. The first-order chi connectivity index (χ1) is 6.20. The first-order valence-electron chi connectivity index (χ1n) is 3.55. The number of H-pyrrole nitrogens is 1. The molecule has 2 aromatic heterocycles. The van der Waals surface area contributed by atoms with Crippen molar-refractivity contribution in [2.45, 2.75) is 0 Å². The van der Waals surface area contributed by atoms with Crippen LogP contribution >= 0.6 is 15.9 Å². The van der Waals surface area contributed by atoms with Gasteiger partial charge in [0.25, 0.3) is 0 Å². The summed E-state index contributed by atoms with van der Waals surface area (Å²) in [6.07, 6.45) is 3.15. The molecule has 2 rings (SSSR count). The van der Waals surface area contributed by atoms with E-state index in [-0.39, 0.29) is 5.56 Å². The van der Waals surface area contributed by atoms with E-state index >= 15 is 0 Å². The molecular weight excluding hydrogens is 236 g/mol. The minimum Gasteiger partial charge on any atom is -0.478 e. The van der Waals surface area contributed by atoms with Gasteiger partial charge in [0.15, 0.2) is 0 Å². The number of fused-ring (bicyclic) bond motifs is 1. The number of halogens is 1. The molecule has 0 bridgehead atoms. The van der Waals surface area contributed by atoms with Crippen LogP contribution in [0.4, 0.5) is 0 Å². The van der Waals surface area contributed by atoms with Gasteiger partial charge in [-0.05, 0) is 22.0 Å². The van der Waals surface area contributed by atoms with E-state index in [0.29, 0.717) is 11.0 Å². The molecule has 0 atom stereocenters. The Bertz CT molecular complexity index is 478. The van der Waals surface area contributed by atoms with Crippen LogP contribution in [0.5, 0.6) is 0 Å². The van der Waals surface area contributed by atoms with Crippen LogP contribution < -0.4 is 0 Å². The quantitative estimate of drug-likeness (QED) is 0.802. The molecule has 2 aromatic rings. The number of hydrogen-bond donors (Lipinski definition) is 2. The van der Waals surface area contributed by atoms with E-state index in [2.05, 4.69) is 25.9 Å². The molecule has 0 saturated heterocycles. The van der Waals surface area contributed by atoms with Gasteiger partial charge in [-0.2, -0.15) is 0 Å². The summed E-state index contributed by atoms with van der Waals surface area (Å²) >= 11 is 3.26. The van der Waals surface area contributed by atoms with Gasteiger partial charge in [0.2, 0.25) is 0 Å². The van der Waals surface area contributed by atoms with Gasteiger partial charge in [-0.15, -0.1) is 0 Å². The van der Waals surface area contributed by atoms with E-state index in [1.165, 1.54) is 12.3 Å². The van der Waals surface area contributed by atoms with Crippen molar-refractivity contribution in [1.29, 1.82) is 0 Å². The fourth-order valence-corrected chi connectivity index (χ4v) is 1.59. The van der Waals surface area contributed by atoms with E-state index in [4.69, 9.17) is 5.11 Å². The van der Waals surface area contributed by atoms with E-state index in [1.54, 1.807) is 6.20 Å². The summed E-state index contributed by atoms with van der Waals surface area (Å²) < 4.78 is 0.769. The molecule has 2 N–H and O–H groups in total. The van der Waals surface area contributed by atoms with Gasteiger partial charge < -0.3 is 10.1 Å². The number of carboxylic acid groups (broad SMARTS) is 1. The maximum Gasteiger partial charge on any atom is 0.337 e. The topological polar surface area (TPSA) is 66.0 Å². The highest BCUT2D eigenvalue weighted by Gasteiger charge is 2.11. The largest absolute Gasteiger partial charge is 0.478 e. The molecule has 0 saturated carbocycles. The van der Waals surface area contributed by atoms with Crippen molar-refractivity contribution in [3.05, 3.63) is 28.5 Å². The predicted octanol–water partition coefficient (Wildman–Crippen LogP) is 2.02. The van der Waals surface area contributed by atoms with Crippen LogP contribution in [0.25, 0.3) is 11.0 Å². The molecule has 0 radical (unpaired) electrons. The number of aromatic amines is 1.